The van der Waals surface area contributed by atoms with Crippen molar-refractivity contribution < 1.29 is 0 Å². The van der Waals surface area contributed by atoms with Gasteiger partial charge in [-0.1, -0.05) is 6.92 Å². The van der Waals surface area contributed by atoms with Crippen LogP contribution < -0.4 is 10.2 Å². The second-order valence-corrected chi connectivity index (χ2v) is 4.85. The van der Waals surface area contributed by atoms with E-state index in [1.54, 1.807) is 0 Å². The molecular formula is C13H23N5. The third-order valence-electron chi connectivity index (χ3n) is 3.53. The number of hydrogen-bond acceptors (Lipinski definition) is 5. The fraction of sp³-hybridized carbons (Fsp3) is 0.692. The van der Waals surface area contributed by atoms with Gasteiger partial charge in [0.2, 0.25) is 5.95 Å². The molecule has 1 atom stereocenters. The number of nitrogens with one attached hydrogen (secondary N) is 1. The van der Waals surface area contributed by atoms with Crippen molar-refractivity contribution >= 4 is 5.95 Å². The molecule has 0 aliphatic carbocycles. The van der Waals surface area contributed by atoms with Gasteiger partial charge in [-0.2, -0.15) is 0 Å². The van der Waals surface area contributed by atoms with E-state index in [2.05, 4.69) is 38.9 Å². The Morgan fingerprint density at radius 2 is 2.06 bits per heavy atom. The van der Waals surface area contributed by atoms with Crippen LogP contribution in [0.2, 0.25) is 0 Å². The molecule has 5 heteroatoms. The summed E-state index contributed by atoms with van der Waals surface area (Å²) in [6.07, 6.45) is 3.82. The van der Waals surface area contributed by atoms with Crippen LogP contribution in [0.15, 0.2) is 12.4 Å². The molecule has 0 spiro atoms. The van der Waals surface area contributed by atoms with Crippen molar-refractivity contribution in [1.29, 1.82) is 0 Å². The van der Waals surface area contributed by atoms with Gasteiger partial charge in [0.1, 0.15) is 0 Å². The largest absolute Gasteiger partial charge is 0.338 e. The highest BCUT2D eigenvalue weighted by Crippen LogP contribution is 2.14. The molecule has 18 heavy (non-hydrogen) atoms. The van der Waals surface area contributed by atoms with E-state index < -0.39 is 0 Å². The predicted molar refractivity (Wildman–Crippen MR) is 73.7 cm³/mol. The highest BCUT2D eigenvalue weighted by Gasteiger charge is 2.23. The normalized spacial score (nSPS) is 21.3. The zero-order chi connectivity index (χ0) is 13.0. The van der Waals surface area contributed by atoms with Crippen molar-refractivity contribution in [2.75, 3.05) is 38.1 Å². The maximum Gasteiger partial charge on any atom is 0.225 e. The maximum absolute atomic E-state index is 4.46. The summed E-state index contributed by atoms with van der Waals surface area (Å²) in [6.45, 7) is 9.56. The molecule has 1 aliphatic rings. The summed E-state index contributed by atoms with van der Waals surface area (Å²) in [7, 11) is 1.93. The Morgan fingerprint density at radius 3 is 2.61 bits per heavy atom. The molecule has 1 unspecified atom stereocenters. The molecule has 0 amide bonds. The van der Waals surface area contributed by atoms with Gasteiger partial charge in [-0.25, -0.2) is 9.97 Å². The number of aromatic nitrogens is 2. The van der Waals surface area contributed by atoms with E-state index in [1.807, 2.05) is 19.4 Å². The van der Waals surface area contributed by atoms with Crippen molar-refractivity contribution in [2.24, 2.45) is 0 Å². The lowest BCUT2D eigenvalue weighted by Gasteiger charge is -2.39. The zero-order valence-electron chi connectivity index (χ0n) is 11.6. The molecule has 2 heterocycles. The van der Waals surface area contributed by atoms with E-state index in [-0.39, 0.29) is 0 Å². The van der Waals surface area contributed by atoms with Crippen molar-refractivity contribution in [3.8, 4) is 0 Å². The van der Waals surface area contributed by atoms with Crippen molar-refractivity contribution in [2.45, 2.75) is 26.4 Å². The predicted octanol–water partition coefficient (Wildman–Crippen LogP) is 0.726. The monoisotopic (exact) mass is 249 g/mol. The van der Waals surface area contributed by atoms with Crippen molar-refractivity contribution in [3.63, 3.8) is 0 Å². The smallest absolute Gasteiger partial charge is 0.225 e. The number of likely N-dealkylation sites (N-methyl/N-ethyl adjacent to an activating group) is 1. The van der Waals surface area contributed by atoms with Gasteiger partial charge in [-0.3, -0.25) is 4.90 Å². The number of nitrogens with zero attached hydrogens (tertiary/aromatic N) is 4. The Balaban J connectivity index is 1.99. The molecule has 1 aliphatic heterocycles. The standard InChI is InChI=1S/C13H23N5/c1-4-17-5-6-18(10-11(17)2)13-15-8-12(7-14-3)9-16-13/h8-9,11,14H,4-7,10H2,1-3H3. The number of hydrogen-bond donors (Lipinski definition) is 1. The van der Waals surface area contributed by atoms with Gasteiger partial charge in [0, 0.05) is 50.2 Å². The molecule has 2 rings (SSSR count). The number of anilines is 1. The summed E-state index contributed by atoms with van der Waals surface area (Å²) in [4.78, 5) is 13.7. The Kier molecular flexibility index (Phi) is 4.49. The van der Waals surface area contributed by atoms with Gasteiger partial charge in [0.25, 0.3) is 0 Å². The molecule has 0 radical (unpaired) electrons. The van der Waals surface area contributed by atoms with E-state index in [4.69, 9.17) is 0 Å². The van der Waals surface area contributed by atoms with E-state index in [9.17, 15) is 0 Å². The van der Waals surface area contributed by atoms with Crippen LogP contribution in [-0.4, -0.2) is 54.1 Å². The average Bonchev–Trinajstić information content (AvgIpc) is 2.40. The summed E-state index contributed by atoms with van der Waals surface area (Å²) in [5, 5.41) is 3.10. The molecule has 0 bridgehead atoms. The lowest BCUT2D eigenvalue weighted by Crippen LogP contribution is -2.52. The maximum atomic E-state index is 4.46. The van der Waals surface area contributed by atoms with Crippen LogP contribution >= 0.6 is 0 Å². The van der Waals surface area contributed by atoms with Crippen LogP contribution in [0.4, 0.5) is 5.95 Å². The third kappa shape index (κ3) is 2.97. The quantitative estimate of drug-likeness (QED) is 0.852. The van der Waals surface area contributed by atoms with Gasteiger partial charge in [-0.05, 0) is 20.5 Å². The molecule has 1 fully saturated rings. The van der Waals surface area contributed by atoms with Gasteiger partial charge in [0.05, 0.1) is 0 Å². The van der Waals surface area contributed by atoms with E-state index in [1.165, 1.54) is 0 Å². The minimum Gasteiger partial charge on any atom is -0.338 e. The van der Waals surface area contributed by atoms with Crippen molar-refractivity contribution in [1.82, 2.24) is 20.2 Å². The third-order valence-corrected chi connectivity index (χ3v) is 3.53. The second kappa shape index (κ2) is 6.11. The molecular weight excluding hydrogens is 226 g/mol. The molecule has 100 valence electrons. The Bertz CT molecular complexity index is 364. The van der Waals surface area contributed by atoms with Gasteiger partial charge in [-0.15, -0.1) is 0 Å². The highest BCUT2D eigenvalue weighted by molar-refractivity contribution is 5.31. The molecule has 1 saturated heterocycles. The highest BCUT2D eigenvalue weighted by atomic mass is 15.3. The van der Waals surface area contributed by atoms with Crippen molar-refractivity contribution in [3.05, 3.63) is 18.0 Å². The first-order valence-corrected chi connectivity index (χ1v) is 6.69. The molecule has 5 nitrogen and oxygen atoms in total. The van der Waals surface area contributed by atoms with E-state index >= 15 is 0 Å². The summed E-state index contributed by atoms with van der Waals surface area (Å²) in [5.74, 6) is 0.859. The molecule has 0 saturated carbocycles. The van der Waals surface area contributed by atoms with Crippen LogP contribution in [0.1, 0.15) is 19.4 Å². The Labute approximate surface area is 109 Å². The number of rotatable bonds is 4. The lowest BCUT2D eigenvalue weighted by molar-refractivity contribution is 0.198. The van der Waals surface area contributed by atoms with Crippen LogP contribution in [0, 0.1) is 0 Å². The Hall–Kier alpha value is -1.20. The molecule has 1 aromatic heterocycles. The van der Waals surface area contributed by atoms with Crippen LogP contribution in [0.25, 0.3) is 0 Å². The van der Waals surface area contributed by atoms with Crippen LogP contribution in [0.5, 0.6) is 0 Å². The summed E-state index contributed by atoms with van der Waals surface area (Å²) < 4.78 is 0. The number of piperazine rings is 1. The van der Waals surface area contributed by atoms with Gasteiger partial charge < -0.3 is 10.2 Å². The minimum absolute atomic E-state index is 0.573. The summed E-state index contributed by atoms with van der Waals surface area (Å²) in [6, 6.07) is 0.573. The summed E-state index contributed by atoms with van der Waals surface area (Å²) in [5.41, 5.74) is 1.13. The second-order valence-electron chi connectivity index (χ2n) is 4.85. The Morgan fingerprint density at radius 1 is 1.33 bits per heavy atom. The van der Waals surface area contributed by atoms with Gasteiger partial charge >= 0.3 is 0 Å². The van der Waals surface area contributed by atoms with E-state index in [0.717, 1.165) is 44.2 Å². The molecule has 1 N–H and O–H groups in total. The minimum atomic E-state index is 0.573. The summed E-state index contributed by atoms with van der Waals surface area (Å²) >= 11 is 0. The fourth-order valence-electron chi connectivity index (χ4n) is 2.45. The lowest BCUT2D eigenvalue weighted by atomic mass is 10.2. The topological polar surface area (TPSA) is 44.3 Å². The zero-order valence-corrected chi connectivity index (χ0v) is 11.6. The first-order valence-electron chi connectivity index (χ1n) is 6.69. The molecule has 1 aromatic rings. The van der Waals surface area contributed by atoms with Crippen LogP contribution in [0.3, 0.4) is 0 Å². The van der Waals surface area contributed by atoms with Gasteiger partial charge in [0.15, 0.2) is 0 Å². The van der Waals surface area contributed by atoms with Crippen LogP contribution in [-0.2, 0) is 6.54 Å². The fourth-order valence-corrected chi connectivity index (χ4v) is 2.45. The first kappa shape index (κ1) is 13.2. The average molecular weight is 249 g/mol. The SMILES string of the molecule is CCN1CCN(c2ncc(CNC)cn2)CC1C. The molecule has 0 aromatic carbocycles. The first-order chi connectivity index (χ1) is 8.74. The van der Waals surface area contributed by atoms with E-state index in [0.29, 0.717) is 6.04 Å².